The summed E-state index contributed by atoms with van der Waals surface area (Å²) in [7, 11) is 1.69. The molecule has 1 aliphatic rings. The van der Waals surface area contributed by atoms with Gasteiger partial charge in [0.2, 0.25) is 0 Å². The van der Waals surface area contributed by atoms with E-state index in [1.54, 1.807) is 7.11 Å². The lowest BCUT2D eigenvalue weighted by Gasteiger charge is -2.29. The molecule has 0 radical (unpaired) electrons. The molecule has 1 N–H and O–H groups in total. The highest BCUT2D eigenvalue weighted by atomic mass is 16.5. The maximum Gasteiger partial charge on any atom is 0.119 e. The molecule has 1 unspecified atom stereocenters. The van der Waals surface area contributed by atoms with E-state index in [1.165, 1.54) is 11.1 Å². The summed E-state index contributed by atoms with van der Waals surface area (Å²) in [6.45, 7) is 0.288. The maximum absolute atomic E-state index is 8.80. The third kappa shape index (κ3) is 1.42. The highest BCUT2D eigenvalue weighted by Gasteiger charge is 2.25. The minimum atomic E-state index is 0.288. The van der Waals surface area contributed by atoms with E-state index in [4.69, 9.17) is 9.84 Å². The first-order valence-corrected chi connectivity index (χ1v) is 4.63. The maximum atomic E-state index is 8.80. The van der Waals surface area contributed by atoms with Gasteiger partial charge in [0, 0.05) is 6.61 Å². The molecular formula is C11H14O2. The third-order valence-electron chi connectivity index (χ3n) is 2.73. The Morgan fingerprint density at radius 1 is 1.54 bits per heavy atom. The standard InChI is InChI=1S/C11H14O2/c1-13-10-2-3-11-8(4-5-12)6-9(11)7-10/h2-3,7-8,12H,4-6H2,1H3. The minimum absolute atomic E-state index is 0.288. The average Bonchev–Trinajstić information content (AvgIpc) is 2.14. The predicted octanol–water partition coefficient (Wildman–Crippen LogP) is 1.72. The number of methoxy groups -OCH3 is 1. The van der Waals surface area contributed by atoms with Crippen molar-refractivity contribution in [3.05, 3.63) is 29.3 Å². The molecule has 2 heteroatoms. The number of benzene rings is 1. The van der Waals surface area contributed by atoms with Gasteiger partial charge in [0.25, 0.3) is 0 Å². The van der Waals surface area contributed by atoms with Crippen LogP contribution in [0.3, 0.4) is 0 Å². The second-order valence-electron chi connectivity index (χ2n) is 3.48. The number of hydrogen-bond donors (Lipinski definition) is 1. The van der Waals surface area contributed by atoms with Crippen LogP contribution in [0.4, 0.5) is 0 Å². The lowest BCUT2D eigenvalue weighted by atomic mass is 9.76. The average molecular weight is 178 g/mol. The molecule has 1 atom stereocenters. The molecule has 0 amide bonds. The van der Waals surface area contributed by atoms with Crippen molar-refractivity contribution < 1.29 is 9.84 Å². The Hall–Kier alpha value is -1.02. The summed E-state index contributed by atoms with van der Waals surface area (Å²) in [4.78, 5) is 0. The number of aliphatic hydroxyl groups is 1. The number of aliphatic hydroxyl groups excluding tert-OH is 1. The first-order chi connectivity index (χ1) is 6.35. The molecule has 0 saturated carbocycles. The molecular weight excluding hydrogens is 164 g/mol. The van der Waals surface area contributed by atoms with Gasteiger partial charge in [0.05, 0.1) is 7.11 Å². The molecule has 0 saturated heterocycles. The molecule has 0 fully saturated rings. The Labute approximate surface area is 78.2 Å². The van der Waals surface area contributed by atoms with Gasteiger partial charge in [0.15, 0.2) is 0 Å². The van der Waals surface area contributed by atoms with E-state index in [2.05, 4.69) is 12.1 Å². The molecule has 0 spiro atoms. The molecule has 1 aliphatic carbocycles. The molecule has 1 aromatic carbocycles. The predicted molar refractivity (Wildman–Crippen MR) is 51.1 cm³/mol. The Balaban J connectivity index is 2.16. The van der Waals surface area contributed by atoms with Crippen molar-refractivity contribution in [1.29, 1.82) is 0 Å². The van der Waals surface area contributed by atoms with Crippen molar-refractivity contribution in [2.24, 2.45) is 0 Å². The summed E-state index contributed by atoms with van der Waals surface area (Å²) in [5.74, 6) is 1.51. The smallest absolute Gasteiger partial charge is 0.119 e. The van der Waals surface area contributed by atoms with Crippen LogP contribution in [0.2, 0.25) is 0 Å². The van der Waals surface area contributed by atoms with Crippen LogP contribution in [0.5, 0.6) is 5.75 Å². The molecule has 1 aromatic rings. The van der Waals surface area contributed by atoms with E-state index < -0.39 is 0 Å². The van der Waals surface area contributed by atoms with Gasteiger partial charge in [-0.3, -0.25) is 0 Å². The van der Waals surface area contributed by atoms with Gasteiger partial charge in [-0.15, -0.1) is 0 Å². The SMILES string of the molecule is COc1ccc2c(c1)CC2CCO. The number of rotatable bonds is 3. The second kappa shape index (κ2) is 3.38. The van der Waals surface area contributed by atoms with E-state index in [0.29, 0.717) is 5.92 Å². The van der Waals surface area contributed by atoms with Crippen LogP contribution < -0.4 is 4.74 Å². The van der Waals surface area contributed by atoms with Crippen molar-refractivity contribution in [2.45, 2.75) is 18.8 Å². The number of ether oxygens (including phenoxy) is 1. The summed E-state index contributed by atoms with van der Waals surface area (Å²) < 4.78 is 5.13. The lowest BCUT2D eigenvalue weighted by Crippen LogP contribution is -2.18. The van der Waals surface area contributed by atoms with E-state index in [-0.39, 0.29) is 6.61 Å². The quantitative estimate of drug-likeness (QED) is 0.763. The Morgan fingerprint density at radius 2 is 2.38 bits per heavy atom. The van der Waals surface area contributed by atoms with Crippen molar-refractivity contribution in [1.82, 2.24) is 0 Å². The summed E-state index contributed by atoms with van der Waals surface area (Å²) in [6, 6.07) is 6.18. The monoisotopic (exact) mass is 178 g/mol. The van der Waals surface area contributed by atoms with E-state index in [0.717, 1.165) is 18.6 Å². The first kappa shape index (κ1) is 8.57. The molecule has 13 heavy (non-hydrogen) atoms. The van der Waals surface area contributed by atoms with Gasteiger partial charge in [-0.1, -0.05) is 6.07 Å². The van der Waals surface area contributed by atoms with E-state index in [9.17, 15) is 0 Å². The fraction of sp³-hybridized carbons (Fsp3) is 0.455. The number of fused-ring (bicyclic) bond motifs is 1. The topological polar surface area (TPSA) is 29.5 Å². The Bertz CT molecular complexity index is 307. The van der Waals surface area contributed by atoms with Crippen molar-refractivity contribution in [3.8, 4) is 5.75 Å². The van der Waals surface area contributed by atoms with Crippen molar-refractivity contribution >= 4 is 0 Å². The summed E-state index contributed by atoms with van der Waals surface area (Å²) in [5.41, 5.74) is 2.76. The fourth-order valence-electron chi connectivity index (χ4n) is 1.94. The van der Waals surface area contributed by atoms with Crippen molar-refractivity contribution in [2.75, 3.05) is 13.7 Å². The normalized spacial score (nSPS) is 19.1. The van der Waals surface area contributed by atoms with E-state index >= 15 is 0 Å². The van der Waals surface area contributed by atoms with Crippen LogP contribution in [0.1, 0.15) is 23.5 Å². The van der Waals surface area contributed by atoms with E-state index in [1.807, 2.05) is 6.07 Å². The van der Waals surface area contributed by atoms with Crippen LogP contribution >= 0.6 is 0 Å². The van der Waals surface area contributed by atoms with Gasteiger partial charge >= 0.3 is 0 Å². The number of hydrogen-bond acceptors (Lipinski definition) is 2. The zero-order chi connectivity index (χ0) is 9.26. The minimum Gasteiger partial charge on any atom is -0.497 e. The fourth-order valence-corrected chi connectivity index (χ4v) is 1.94. The summed E-state index contributed by atoms with van der Waals surface area (Å²) in [5, 5.41) is 8.80. The lowest BCUT2D eigenvalue weighted by molar-refractivity contribution is 0.269. The zero-order valence-electron chi connectivity index (χ0n) is 7.79. The van der Waals surface area contributed by atoms with Crippen molar-refractivity contribution in [3.63, 3.8) is 0 Å². The third-order valence-corrected chi connectivity index (χ3v) is 2.73. The molecule has 0 aromatic heterocycles. The molecule has 0 bridgehead atoms. The van der Waals surface area contributed by atoms with Gasteiger partial charge in [0.1, 0.15) is 5.75 Å². The van der Waals surface area contributed by atoms with Crippen LogP contribution in [-0.4, -0.2) is 18.8 Å². The molecule has 2 nitrogen and oxygen atoms in total. The van der Waals surface area contributed by atoms with Gasteiger partial charge in [-0.2, -0.15) is 0 Å². The summed E-state index contributed by atoms with van der Waals surface area (Å²) >= 11 is 0. The van der Waals surface area contributed by atoms with Crippen LogP contribution in [0.25, 0.3) is 0 Å². The largest absolute Gasteiger partial charge is 0.497 e. The Morgan fingerprint density at radius 3 is 3.00 bits per heavy atom. The first-order valence-electron chi connectivity index (χ1n) is 4.63. The molecule has 0 aliphatic heterocycles. The Kier molecular flexibility index (Phi) is 2.23. The molecule has 0 heterocycles. The van der Waals surface area contributed by atoms with Crippen LogP contribution in [0, 0.1) is 0 Å². The van der Waals surface area contributed by atoms with Crippen LogP contribution in [-0.2, 0) is 6.42 Å². The van der Waals surface area contributed by atoms with Gasteiger partial charge in [-0.25, -0.2) is 0 Å². The second-order valence-corrected chi connectivity index (χ2v) is 3.48. The highest BCUT2D eigenvalue weighted by molar-refractivity contribution is 5.44. The highest BCUT2D eigenvalue weighted by Crippen LogP contribution is 2.38. The van der Waals surface area contributed by atoms with Gasteiger partial charge in [-0.05, 0) is 42.0 Å². The van der Waals surface area contributed by atoms with Crippen LogP contribution in [0.15, 0.2) is 18.2 Å². The molecule has 2 rings (SSSR count). The molecule has 70 valence electrons. The van der Waals surface area contributed by atoms with Gasteiger partial charge < -0.3 is 9.84 Å². The summed E-state index contributed by atoms with van der Waals surface area (Å²) in [6.07, 6.45) is 1.98. The zero-order valence-corrected chi connectivity index (χ0v) is 7.79.